The molecule has 0 atom stereocenters. The minimum absolute atomic E-state index is 0.0594. The third-order valence-electron chi connectivity index (χ3n) is 5.09. The van der Waals surface area contributed by atoms with Crippen molar-refractivity contribution in [3.63, 3.8) is 0 Å². The Balaban J connectivity index is 1.81. The van der Waals surface area contributed by atoms with Crippen LogP contribution < -0.4 is 9.62 Å². The fourth-order valence-corrected chi connectivity index (χ4v) is 4.33. The minimum Gasteiger partial charge on any atom is -0.462 e. The SMILES string of the molecule is CCOC(=O)c1ccc(C)c(NC(=O)c2ccc(N(Cc3ccccc3Cl)S(C)(=O)=O)cc2)c1. The number of sulfonamides is 1. The number of esters is 1. The third-order valence-corrected chi connectivity index (χ3v) is 6.60. The van der Waals surface area contributed by atoms with E-state index in [1.807, 2.05) is 6.92 Å². The van der Waals surface area contributed by atoms with Crippen molar-refractivity contribution in [2.75, 3.05) is 22.5 Å². The van der Waals surface area contributed by atoms with Gasteiger partial charge in [-0.2, -0.15) is 0 Å². The zero-order valence-corrected chi connectivity index (χ0v) is 20.6. The molecule has 3 aromatic carbocycles. The van der Waals surface area contributed by atoms with Crippen LogP contribution in [-0.2, 0) is 21.3 Å². The summed E-state index contributed by atoms with van der Waals surface area (Å²) in [6.45, 7) is 3.84. The van der Waals surface area contributed by atoms with Crippen LogP contribution in [0, 0.1) is 6.92 Å². The van der Waals surface area contributed by atoms with Crippen LogP contribution in [0.2, 0.25) is 5.02 Å². The van der Waals surface area contributed by atoms with Gasteiger partial charge in [-0.1, -0.05) is 35.9 Å². The first-order valence-electron chi connectivity index (χ1n) is 10.5. The van der Waals surface area contributed by atoms with E-state index in [-0.39, 0.29) is 13.2 Å². The minimum atomic E-state index is -3.61. The van der Waals surface area contributed by atoms with Gasteiger partial charge in [0.15, 0.2) is 0 Å². The fraction of sp³-hybridized carbons (Fsp3) is 0.200. The van der Waals surface area contributed by atoms with E-state index in [0.717, 1.165) is 11.8 Å². The fourth-order valence-electron chi connectivity index (χ4n) is 3.25. The molecule has 0 aliphatic rings. The molecule has 178 valence electrons. The number of aryl methyl sites for hydroxylation is 1. The summed E-state index contributed by atoms with van der Waals surface area (Å²) in [4.78, 5) is 24.8. The number of rotatable bonds is 8. The van der Waals surface area contributed by atoms with Crippen molar-refractivity contribution < 1.29 is 22.7 Å². The summed E-state index contributed by atoms with van der Waals surface area (Å²) in [5.74, 6) is -0.866. The largest absolute Gasteiger partial charge is 0.462 e. The Morgan fingerprint density at radius 2 is 1.65 bits per heavy atom. The number of nitrogens with zero attached hydrogens (tertiary/aromatic N) is 1. The van der Waals surface area contributed by atoms with Crippen LogP contribution in [0.1, 0.15) is 38.8 Å². The summed E-state index contributed by atoms with van der Waals surface area (Å²) in [5.41, 5.74) is 2.99. The van der Waals surface area contributed by atoms with Crippen LogP contribution in [-0.4, -0.2) is 33.2 Å². The molecule has 1 amide bonds. The molecule has 3 aromatic rings. The number of carbonyl (C=O) groups excluding carboxylic acids is 2. The second kappa shape index (κ2) is 10.7. The van der Waals surface area contributed by atoms with Crippen molar-refractivity contribution in [2.24, 2.45) is 0 Å². The molecule has 34 heavy (non-hydrogen) atoms. The first-order chi connectivity index (χ1) is 16.1. The van der Waals surface area contributed by atoms with Gasteiger partial charge in [0.25, 0.3) is 5.91 Å². The van der Waals surface area contributed by atoms with Crippen molar-refractivity contribution in [1.82, 2.24) is 0 Å². The number of hydrogen-bond acceptors (Lipinski definition) is 5. The summed E-state index contributed by atoms with van der Waals surface area (Å²) >= 11 is 6.21. The number of amides is 1. The Hall–Kier alpha value is -3.36. The Morgan fingerprint density at radius 3 is 2.26 bits per heavy atom. The monoisotopic (exact) mass is 500 g/mol. The number of nitrogens with one attached hydrogen (secondary N) is 1. The zero-order valence-electron chi connectivity index (χ0n) is 19.0. The Labute approximate surface area is 204 Å². The highest BCUT2D eigenvalue weighted by molar-refractivity contribution is 7.92. The average molecular weight is 501 g/mol. The predicted molar refractivity (Wildman–Crippen MR) is 134 cm³/mol. The van der Waals surface area contributed by atoms with Crippen LogP contribution in [0.3, 0.4) is 0 Å². The van der Waals surface area contributed by atoms with Gasteiger partial charge < -0.3 is 10.1 Å². The molecule has 9 heteroatoms. The standard InChI is InChI=1S/C25H25ClN2O5S/c1-4-33-25(30)19-10-9-17(2)23(15-19)27-24(29)18-11-13-21(14-12-18)28(34(3,31)32)16-20-7-5-6-8-22(20)26/h5-15H,4,16H2,1-3H3,(H,27,29). The summed E-state index contributed by atoms with van der Waals surface area (Å²) in [7, 11) is -3.61. The summed E-state index contributed by atoms with van der Waals surface area (Å²) in [6, 6.07) is 18.2. The van der Waals surface area contributed by atoms with Crippen molar-refractivity contribution in [1.29, 1.82) is 0 Å². The van der Waals surface area contributed by atoms with E-state index in [4.69, 9.17) is 16.3 Å². The van der Waals surface area contributed by atoms with Crippen LogP contribution >= 0.6 is 11.6 Å². The first-order valence-corrected chi connectivity index (χ1v) is 12.7. The number of hydrogen-bond donors (Lipinski definition) is 1. The lowest BCUT2D eigenvalue weighted by atomic mass is 10.1. The molecule has 0 fully saturated rings. The molecular weight excluding hydrogens is 476 g/mol. The van der Waals surface area contributed by atoms with Gasteiger partial charge in [0.2, 0.25) is 10.0 Å². The lowest BCUT2D eigenvalue weighted by molar-refractivity contribution is 0.0526. The van der Waals surface area contributed by atoms with Gasteiger partial charge in [0.1, 0.15) is 0 Å². The number of benzene rings is 3. The molecule has 3 rings (SSSR count). The number of halogens is 1. The predicted octanol–water partition coefficient (Wildman–Crippen LogP) is 5.04. The molecule has 1 N–H and O–H groups in total. The molecule has 7 nitrogen and oxygen atoms in total. The molecule has 0 heterocycles. The highest BCUT2D eigenvalue weighted by atomic mass is 35.5. The summed E-state index contributed by atoms with van der Waals surface area (Å²) < 4.78 is 31.1. The second-order valence-electron chi connectivity index (χ2n) is 7.61. The van der Waals surface area contributed by atoms with Crippen LogP contribution in [0.15, 0.2) is 66.7 Å². The number of carbonyl (C=O) groups is 2. The first kappa shape index (κ1) is 25.3. The van der Waals surface area contributed by atoms with E-state index in [1.54, 1.807) is 73.7 Å². The van der Waals surface area contributed by atoms with Crippen molar-refractivity contribution >= 4 is 44.9 Å². The smallest absolute Gasteiger partial charge is 0.338 e. The Bertz CT molecular complexity index is 1310. The van der Waals surface area contributed by atoms with Gasteiger partial charge in [-0.15, -0.1) is 0 Å². The molecule has 0 aliphatic carbocycles. The number of anilines is 2. The Morgan fingerprint density at radius 1 is 1.00 bits per heavy atom. The van der Waals surface area contributed by atoms with E-state index in [9.17, 15) is 18.0 Å². The quantitative estimate of drug-likeness (QED) is 0.437. The van der Waals surface area contributed by atoms with E-state index < -0.39 is 21.9 Å². The zero-order chi connectivity index (χ0) is 24.9. The topological polar surface area (TPSA) is 92.8 Å². The van der Waals surface area contributed by atoms with Gasteiger partial charge in [0, 0.05) is 16.3 Å². The molecule has 0 aliphatic heterocycles. The van der Waals surface area contributed by atoms with Crippen LogP contribution in [0.5, 0.6) is 0 Å². The lowest BCUT2D eigenvalue weighted by Crippen LogP contribution is -2.29. The van der Waals surface area contributed by atoms with Crippen molar-refractivity contribution in [3.05, 3.63) is 94.0 Å². The summed E-state index contributed by atoms with van der Waals surface area (Å²) in [5, 5.41) is 3.26. The molecular formula is C25H25ClN2O5S. The number of ether oxygens (including phenoxy) is 1. The van der Waals surface area contributed by atoms with Gasteiger partial charge in [-0.05, 0) is 67.4 Å². The average Bonchev–Trinajstić information content (AvgIpc) is 2.79. The van der Waals surface area contributed by atoms with Gasteiger partial charge in [-0.25, -0.2) is 13.2 Å². The molecule has 0 saturated heterocycles. The van der Waals surface area contributed by atoms with E-state index >= 15 is 0 Å². The van der Waals surface area contributed by atoms with Crippen LogP contribution in [0.4, 0.5) is 11.4 Å². The molecule has 0 radical (unpaired) electrons. The van der Waals surface area contributed by atoms with E-state index in [2.05, 4.69) is 5.32 Å². The lowest BCUT2D eigenvalue weighted by Gasteiger charge is -2.23. The van der Waals surface area contributed by atoms with Crippen molar-refractivity contribution in [2.45, 2.75) is 20.4 Å². The maximum atomic E-state index is 12.8. The van der Waals surface area contributed by atoms with Gasteiger partial charge >= 0.3 is 5.97 Å². The third kappa shape index (κ3) is 6.15. The molecule has 0 aromatic heterocycles. The maximum Gasteiger partial charge on any atom is 0.338 e. The molecule has 0 unspecified atom stereocenters. The Kier molecular flexibility index (Phi) is 7.96. The second-order valence-corrected chi connectivity index (χ2v) is 9.93. The van der Waals surface area contributed by atoms with Crippen molar-refractivity contribution in [3.8, 4) is 0 Å². The maximum absolute atomic E-state index is 12.8. The highest BCUT2D eigenvalue weighted by Crippen LogP contribution is 2.25. The summed E-state index contributed by atoms with van der Waals surface area (Å²) in [6.07, 6.45) is 1.11. The van der Waals surface area contributed by atoms with Gasteiger partial charge in [0.05, 0.1) is 30.7 Å². The van der Waals surface area contributed by atoms with Gasteiger partial charge in [-0.3, -0.25) is 9.10 Å². The van der Waals surface area contributed by atoms with Crippen LogP contribution in [0.25, 0.3) is 0 Å². The normalized spacial score (nSPS) is 11.1. The van der Waals surface area contributed by atoms with E-state index in [0.29, 0.717) is 33.1 Å². The highest BCUT2D eigenvalue weighted by Gasteiger charge is 2.20. The molecule has 0 bridgehead atoms. The molecule has 0 spiro atoms. The van der Waals surface area contributed by atoms with E-state index in [1.165, 1.54) is 4.31 Å². The molecule has 0 saturated carbocycles.